The van der Waals surface area contributed by atoms with Gasteiger partial charge < -0.3 is 14.4 Å². The summed E-state index contributed by atoms with van der Waals surface area (Å²) in [6.45, 7) is 16.5. The fourth-order valence-corrected chi connectivity index (χ4v) is 3.12. The van der Waals surface area contributed by atoms with Crippen molar-refractivity contribution < 1.29 is 9.47 Å². The van der Waals surface area contributed by atoms with Crippen molar-refractivity contribution in [1.29, 1.82) is 0 Å². The average Bonchev–Trinajstić information content (AvgIpc) is 2.70. The Kier molecular flexibility index (Phi) is 12.4. The van der Waals surface area contributed by atoms with Crippen LogP contribution in [0.25, 0.3) is 0 Å². The van der Waals surface area contributed by atoms with Crippen molar-refractivity contribution in [3.05, 3.63) is 59.6 Å². The minimum Gasteiger partial charge on any atom is -0.499 e. The van der Waals surface area contributed by atoms with Crippen molar-refractivity contribution in [1.82, 2.24) is 4.90 Å². The first-order chi connectivity index (χ1) is 13.5. The molecule has 0 spiro atoms. The Balaban J connectivity index is 2.96. The molecule has 1 fully saturated rings. The lowest BCUT2D eigenvalue weighted by molar-refractivity contribution is 0.0509. The lowest BCUT2D eigenvalue weighted by atomic mass is 9.97. The summed E-state index contributed by atoms with van der Waals surface area (Å²) in [6, 6.07) is 0. The molecule has 1 aliphatic rings. The molecular formula is C25H41NO2. The maximum Gasteiger partial charge on any atom is 0.0922 e. The Bertz CT molecular complexity index is 575. The van der Waals surface area contributed by atoms with Crippen LogP contribution in [0.3, 0.4) is 0 Å². The molecule has 0 N–H and O–H groups in total. The van der Waals surface area contributed by atoms with E-state index in [1.165, 1.54) is 23.3 Å². The summed E-state index contributed by atoms with van der Waals surface area (Å²) in [5.74, 6) is 0.699. The van der Waals surface area contributed by atoms with E-state index in [1.807, 2.05) is 19.9 Å². The first-order valence-electron chi connectivity index (χ1n) is 10.8. The summed E-state index contributed by atoms with van der Waals surface area (Å²) < 4.78 is 11.1. The summed E-state index contributed by atoms with van der Waals surface area (Å²) >= 11 is 0. The third kappa shape index (κ3) is 9.45. The molecule has 1 aliphatic heterocycles. The maximum atomic E-state index is 5.55. The quantitative estimate of drug-likeness (QED) is 0.302. The van der Waals surface area contributed by atoms with E-state index in [2.05, 4.69) is 63.0 Å². The lowest BCUT2D eigenvalue weighted by Gasteiger charge is -2.32. The molecule has 3 heteroatoms. The summed E-state index contributed by atoms with van der Waals surface area (Å²) in [5, 5.41) is 0. The predicted molar refractivity (Wildman–Crippen MR) is 121 cm³/mol. The summed E-state index contributed by atoms with van der Waals surface area (Å²) in [7, 11) is 0. The largest absolute Gasteiger partial charge is 0.499 e. The Labute approximate surface area is 173 Å². The molecular weight excluding hydrogens is 346 g/mol. The number of hydrogen-bond donors (Lipinski definition) is 0. The Morgan fingerprint density at radius 3 is 2.43 bits per heavy atom. The molecule has 1 heterocycles. The molecule has 0 aromatic carbocycles. The van der Waals surface area contributed by atoms with E-state index in [4.69, 9.17) is 9.47 Å². The van der Waals surface area contributed by atoms with Gasteiger partial charge in [0.05, 0.1) is 25.6 Å². The van der Waals surface area contributed by atoms with E-state index >= 15 is 0 Å². The molecule has 0 amide bonds. The minimum absolute atomic E-state index is 0.204. The van der Waals surface area contributed by atoms with Gasteiger partial charge >= 0.3 is 0 Å². The molecule has 0 aliphatic carbocycles. The number of hydrogen-bond acceptors (Lipinski definition) is 3. The van der Waals surface area contributed by atoms with Crippen LogP contribution < -0.4 is 0 Å². The molecule has 0 saturated carbocycles. The van der Waals surface area contributed by atoms with Gasteiger partial charge in [-0.1, -0.05) is 50.6 Å². The molecule has 28 heavy (non-hydrogen) atoms. The number of allylic oxidation sites excluding steroid dienone is 9. The van der Waals surface area contributed by atoms with E-state index in [1.54, 1.807) is 6.26 Å². The van der Waals surface area contributed by atoms with Gasteiger partial charge in [-0.25, -0.2) is 0 Å². The van der Waals surface area contributed by atoms with Crippen molar-refractivity contribution in [3.8, 4) is 0 Å². The highest BCUT2D eigenvalue weighted by Gasteiger charge is 2.15. The fourth-order valence-electron chi connectivity index (χ4n) is 3.12. The minimum atomic E-state index is 0.204. The monoisotopic (exact) mass is 387 g/mol. The topological polar surface area (TPSA) is 21.7 Å². The highest BCUT2D eigenvalue weighted by molar-refractivity contribution is 5.42. The first-order valence-corrected chi connectivity index (χ1v) is 10.8. The van der Waals surface area contributed by atoms with Crippen LogP contribution in [0.5, 0.6) is 0 Å². The number of nitrogens with zero attached hydrogens (tertiary/aromatic N) is 1. The molecule has 0 bridgehead atoms. The Morgan fingerprint density at radius 2 is 1.86 bits per heavy atom. The average molecular weight is 388 g/mol. The normalized spacial score (nSPS) is 18.5. The molecule has 0 radical (unpaired) electrons. The van der Waals surface area contributed by atoms with Crippen LogP contribution in [-0.2, 0) is 9.47 Å². The second-order valence-electron chi connectivity index (χ2n) is 7.67. The van der Waals surface area contributed by atoms with Crippen LogP contribution in [0.4, 0.5) is 0 Å². The van der Waals surface area contributed by atoms with Crippen molar-refractivity contribution in [2.75, 3.05) is 26.3 Å². The summed E-state index contributed by atoms with van der Waals surface area (Å²) in [6.07, 6.45) is 18.3. The van der Waals surface area contributed by atoms with Crippen LogP contribution >= 0.6 is 0 Å². The van der Waals surface area contributed by atoms with Crippen molar-refractivity contribution in [2.24, 2.45) is 5.92 Å². The van der Waals surface area contributed by atoms with Gasteiger partial charge in [-0.2, -0.15) is 0 Å². The zero-order valence-electron chi connectivity index (χ0n) is 18.9. The van der Waals surface area contributed by atoms with Gasteiger partial charge in [-0.15, -0.1) is 0 Å². The lowest BCUT2D eigenvalue weighted by Crippen LogP contribution is -2.36. The van der Waals surface area contributed by atoms with Gasteiger partial charge in [0.15, 0.2) is 0 Å². The molecule has 1 saturated heterocycles. The van der Waals surface area contributed by atoms with E-state index in [0.29, 0.717) is 5.92 Å². The van der Waals surface area contributed by atoms with E-state index in [9.17, 15) is 0 Å². The van der Waals surface area contributed by atoms with Crippen LogP contribution in [0, 0.1) is 5.92 Å². The molecule has 1 atom stereocenters. The molecule has 1 unspecified atom stereocenters. The van der Waals surface area contributed by atoms with Crippen LogP contribution in [0.1, 0.15) is 60.8 Å². The summed E-state index contributed by atoms with van der Waals surface area (Å²) in [5.41, 5.74) is 4.03. The van der Waals surface area contributed by atoms with Gasteiger partial charge in [0.2, 0.25) is 0 Å². The number of ether oxygens (including phenoxy) is 2. The fraction of sp³-hybridized carbons (Fsp3) is 0.600. The third-order valence-electron chi connectivity index (χ3n) is 5.00. The maximum absolute atomic E-state index is 5.55. The van der Waals surface area contributed by atoms with Gasteiger partial charge in [-0.3, -0.25) is 0 Å². The van der Waals surface area contributed by atoms with E-state index < -0.39 is 0 Å². The standard InChI is InChI=1S/C25H41NO2/c1-7-11-24(12-10-17-28-21(4)5)23(9-3)13-14-25(20-22(6)8-2)26-15-18-27-19-16-26/h7,9-12,14,17,21-22H,8,13,15-16,18-20H2,1-6H3/b11-7-,17-10+,23-9+,24-12+,25-14+. The van der Waals surface area contributed by atoms with Gasteiger partial charge in [0, 0.05) is 18.8 Å². The van der Waals surface area contributed by atoms with Crippen LogP contribution in [0.15, 0.2) is 59.6 Å². The van der Waals surface area contributed by atoms with Gasteiger partial charge in [-0.05, 0) is 63.7 Å². The van der Waals surface area contributed by atoms with Gasteiger partial charge in [0.25, 0.3) is 0 Å². The van der Waals surface area contributed by atoms with Crippen molar-refractivity contribution >= 4 is 0 Å². The van der Waals surface area contributed by atoms with Crippen LogP contribution in [0.2, 0.25) is 0 Å². The van der Waals surface area contributed by atoms with Gasteiger partial charge in [0.1, 0.15) is 0 Å². The molecule has 158 valence electrons. The smallest absolute Gasteiger partial charge is 0.0922 e. The third-order valence-corrected chi connectivity index (χ3v) is 5.00. The Morgan fingerprint density at radius 1 is 1.14 bits per heavy atom. The SMILES string of the molecule is C\C=C/C(=C\C=C\OC(C)C)C(=C/C)/C/C=C(\CC(C)CC)N1CCOCC1. The molecule has 0 aromatic heterocycles. The highest BCUT2D eigenvalue weighted by atomic mass is 16.5. The number of morpholine rings is 1. The van der Waals surface area contributed by atoms with Crippen molar-refractivity contribution in [2.45, 2.75) is 66.9 Å². The predicted octanol–water partition coefficient (Wildman–Crippen LogP) is 6.42. The molecule has 3 nitrogen and oxygen atoms in total. The Hall–Kier alpha value is -1.74. The zero-order chi connectivity index (χ0) is 20.8. The van der Waals surface area contributed by atoms with Crippen molar-refractivity contribution in [3.63, 3.8) is 0 Å². The second-order valence-corrected chi connectivity index (χ2v) is 7.67. The molecule has 0 aromatic rings. The number of rotatable bonds is 11. The highest BCUT2D eigenvalue weighted by Crippen LogP contribution is 2.23. The van der Waals surface area contributed by atoms with E-state index in [0.717, 1.165) is 39.1 Å². The zero-order valence-corrected chi connectivity index (χ0v) is 18.9. The van der Waals surface area contributed by atoms with Crippen LogP contribution in [-0.4, -0.2) is 37.3 Å². The second kappa shape index (κ2) is 14.3. The van der Waals surface area contributed by atoms with E-state index in [-0.39, 0.29) is 6.10 Å². The first kappa shape index (κ1) is 24.3. The summed E-state index contributed by atoms with van der Waals surface area (Å²) in [4.78, 5) is 2.51. The molecule has 1 rings (SSSR count).